The number of carbonyl (C=O) groups is 1. The fourth-order valence-corrected chi connectivity index (χ4v) is 1.03. The van der Waals surface area contributed by atoms with Crippen LogP contribution in [-0.2, 0) is 4.79 Å². The molecule has 1 unspecified atom stereocenters. The maximum absolute atomic E-state index is 10.5. The van der Waals surface area contributed by atoms with Gasteiger partial charge in [0, 0.05) is 0 Å². The van der Waals surface area contributed by atoms with E-state index in [9.17, 15) is 4.79 Å². The summed E-state index contributed by atoms with van der Waals surface area (Å²) in [6.45, 7) is 1.85. The fourth-order valence-electron chi connectivity index (χ4n) is 1.03. The van der Waals surface area contributed by atoms with Crippen LogP contribution in [0, 0.1) is 5.92 Å². The third-order valence-corrected chi connectivity index (χ3v) is 1.71. The van der Waals surface area contributed by atoms with E-state index in [-0.39, 0.29) is 5.92 Å². The summed E-state index contributed by atoms with van der Waals surface area (Å²) in [5.41, 5.74) is 0.940. The van der Waals surface area contributed by atoms with Gasteiger partial charge < -0.3 is 5.11 Å². The van der Waals surface area contributed by atoms with Crippen molar-refractivity contribution in [1.82, 2.24) is 0 Å². The van der Waals surface area contributed by atoms with Crippen LogP contribution in [0.5, 0.6) is 0 Å². The Morgan fingerprint density at radius 2 is 2.50 bits per heavy atom. The van der Waals surface area contributed by atoms with Crippen molar-refractivity contribution in [2.45, 2.75) is 13.3 Å². The number of aliphatic carboxylic acids is 1. The molecule has 0 saturated heterocycles. The molecular weight excluding hydrogens is 128 g/mol. The predicted octanol–water partition coefficient (Wildman–Crippen LogP) is 1.59. The maximum atomic E-state index is 10.5. The molecule has 54 valence electrons. The van der Waals surface area contributed by atoms with E-state index in [4.69, 9.17) is 5.11 Å². The summed E-state index contributed by atoms with van der Waals surface area (Å²) in [5, 5.41) is 8.63. The average molecular weight is 138 g/mol. The van der Waals surface area contributed by atoms with Gasteiger partial charge in [0.15, 0.2) is 0 Å². The Labute approximate surface area is 59.9 Å². The number of carboxylic acid groups (broad SMARTS) is 1. The molecule has 0 amide bonds. The van der Waals surface area contributed by atoms with Crippen LogP contribution in [0.15, 0.2) is 23.8 Å². The van der Waals surface area contributed by atoms with Gasteiger partial charge in [0.05, 0.1) is 5.92 Å². The molecule has 0 fully saturated rings. The van der Waals surface area contributed by atoms with Crippen LogP contribution >= 0.6 is 0 Å². The maximum Gasteiger partial charge on any atom is 0.310 e. The summed E-state index contributed by atoms with van der Waals surface area (Å²) in [4.78, 5) is 10.5. The van der Waals surface area contributed by atoms with E-state index < -0.39 is 5.97 Å². The zero-order valence-electron chi connectivity index (χ0n) is 5.87. The van der Waals surface area contributed by atoms with Gasteiger partial charge in [-0.25, -0.2) is 0 Å². The van der Waals surface area contributed by atoms with Crippen LogP contribution in [0.4, 0.5) is 0 Å². The van der Waals surface area contributed by atoms with Crippen LogP contribution in [0.2, 0.25) is 0 Å². The van der Waals surface area contributed by atoms with Crippen LogP contribution < -0.4 is 0 Å². The molecule has 1 N–H and O–H groups in total. The quantitative estimate of drug-likeness (QED) is 0.597. The first-order chi connectivity index (χ1) is 4.72. The number of hydrogen-bond acceptors (Lipinski definition) is 1. The summed E-state index contributed by atoms with van der Waals surface area (Å²) >= 11 is 0. The highest BCUT2D eigenvalue weighted by Gasteiger charge is 2.18. The third kappa shape index (κ3) is 1.26. The van der Waals surface area contributed by atoms with E-state index in [1.54, 1.807) is 0 Å². The van der Waals surface area contributed by atoms with Crippen molar-refractivity contribution in [2.24, 2.45) is 5.92 Å². The zero-order chi connectivity index (χ0) is 7.56. The minimum Gasteiger partial charge on any atom is -0.481 e. The minimum absolute atomic E-state index is 0.287. The molecule has 1 aliphatic rings. The first-order valence-corrected chi connectivity index (χ1v) is 3.28. The molecule has 0 radical (unpaired) electrons. The molecule has 0 saturated carbocycles. The molecule has 0 heterocycles. The van der Waals surface area contributed by atoms with Crippen molar-refractivity contribution in [1.29, 1.82) is 0 Å². The van der Waals surface area contributed by atoms with E-state index in [2.05, 4.69) is 0 Å². The number of allylic oxidation sites excluding steroid dienone is 3. The van der Waals surface area contributed by atoms with Crippen molar-refractivity contribution in [2.75, 3.05) is 0 Å². The standard InChI is InChI=1S/C8H10O2/c1-6-4-2-3-5-7(6)8(9)10/h2-4,7H,5H2,1H3,(H,9,10). The van der Waals surface area contributed by atoms with E-state index in [0.717, 1.165) is 5.57 Å². The number of hydrogen-bond donors (Lipinski definition) is 1. The third-order valence-electron chi connectivity index (χ3n) is 1.71. The minimum atomic E-state index is -0.724. The predicted molar refractivity (Wildman–Crippen MR) is 38.6 cm³/mol. The Balaban J connectivity index is 2.73. The van der Waals surface area contributed by atoms with Gasteiger partial charge in [-0.2, -0.15) is 0 Å². The Kier molecular flexibility index (Phi) is 1.90. The lowest BCUT2D eigenvalue weighted by Crippen LogP contribution is -2.15. The molecule has 2 heteroatoms. The normalized spacial score (nSPS) is 24.1. The first-order valence-electron chi connectivity index (χ1n) is 3.28. The second-order valence-electron chi connectivity index (χ2n) is 2.47. The second-order valence-corrected chi connectivity index (χ2v) is 2.47. The molecular formula is C8H10O2. The lowest BCUT2D eigenvalue weighted by atomic mass is 9.93. The van der Waals surface area contributed by atoms with Crippen LogP contribution in [0.25, 0.3) is 0 Å². The van der Waals surface area contributed by atoms with Crippen molar-refractivity contribution in [3.8, 4) is 0 Å². The lowest BCUT2D eigenvalue weighted by Gasteiger charge is -2.12. The zero-order valence-corrected chi connectivity index (χ0v) is 5.87. The van der Waals surface area contributed by atoms with E-state index in [1.165, 1.54) is 0 Å². The van der Waals surface area contributed by atoms with Crippen molar-refractivity contribution in [3.63, 3.8) is 0 Å². The highest BCUT2D eigenvalue weighted by molar-refractivity contribution is 5.74. The Morgan fingerprint density at radius 3 is 2.90 bits per heavy atom. The Morgan fingerprint density at radius 1 is 1.80 bits per heavy atom. The van der Waals surface area contributed by atoms with Gasteiger partial charge in [-0.1, -0.05) is 23.8 Å². The van der Waals surface area contributed by atoms with Gasteiger partial charge in [0.1, 0.15) is 0 Å². The highest BCUT2D eigenvalue weighted by Crippen LogP contribution is 2.19. The Bertz CT molecular complexity index is 201. The Hall–Kier alpha value is -1.05. The van der Waals surface area contributed by atoms with Gasteiger partial charge >= 0.3 is 5.97 Å². The molecule has 0 spiro atoms. The van der Waals surface area contributed by atoms with E-state index in [1.807, 2.05) is 25.2 Å². The van der Waals surface area contributed by atoms with Gasteiger partial charge in [0.25, 0.3) is 0 Å². The molecule has 0 aromatic heterocycles. The molecule has 10 heavy (non-hydrogen) atoms. The summed E-state index contributed by atoms with van der Waals surface area (Å²) in [5.74, 6) is -1.01. The van der Waals surface area contributed by atoms with Crippen molar-refractivity contribution in [3.05, 3.63) is 23.8 Å². The van der Waals surface area contributed by atoms with Crippen LogP contribution in [-0.4, -0.2) is 11.1 Å². The average Bonchev–Trinajstić information content (AvgIpc) is 1.88. The molecule has 1 atom stereocenters. The topological polar surface area (TPSA) is 37.3 Å². The summed E-state index contributed by atoms with van der Waals surface area (Å²) in [6, 6.07) is 0. The van der Waals surface area contributed by atoms with Crippen molar-refractivity contribution < 1.29 is 9.90 Å². The van der Waals surface area contributed by atoms with E-state index >= 15 is 0 Å². The summed E-state index contributed by atoms with van der Waals surface area (Å²) < 4.78 is 0. The molecule has 1 aliphatic carbocycles. The monoisotopic (exact) mass is 138 g/mol. The highest BCUT2D eigenvalue weighted by atomic mass is 16.4. The van der Waals surface area contributed by atoms with Crippen molar-refractivity contribution >= 4 is 5.97 Å². The van der Waals surface area contributed by atoms with Crippen LogP contribution in [0.3, 0.4) is 0 Å². The lowest BCUT2D eigenvalue weighted by molar-refractivity contribution is -0.140. The largest absolute Gasteiger partial charge is 0.481 e. The smallest absolute Gasteiger partial charge is 0.310 e. The SMILES string of the molecule is CC1=CC=CCC1C(=O)O. The molecule has 2 nitrogen and oxygen atoms in total. The first kappa shape index (κ1) is 7.06. The molecule has 1 rings (SSSR count). The van der Waals surface area contributed by atoms with Crippen LogP contribution in [0.1, 0.15) is 13.3 Å². The molecule has 0 bridgehead atoms. The van der Waals surface area contributed by atoms with Gasteiger partial charge in [-0.3, -0.25) is 4.79 Å². The molecule has 0 aromatic carbocycles. The van der Waals surface area contributed by atoms with Gasteiger partial charge in [-0.05, 0) is 13.3 Å². The van der Waals surface area contributed by atoms with Gasteiger partial charge in [0.2, 0.25) is 0 Å². The summed E-state index contributed by atoms with van der Waals surface area (Å²) in [7, 11) is 0. The summed E-state index contributed by atoms with van der Waals surface area (Å²) in [6.07, 6.45) is 6.26. The molecule has 0 aromatic rings. The number of carboxylic acids is 1. The van der Waals surface area contributed by atoms with E-state index in [0.29, 0.717) is 6.42 Å². The second kappa shape index (κ2) is 2.69. The number of rotatable bonds is 1. The van der Waals surface area contributed by atoms with Gasteiger partial charge in [-0.15, -0.1) is 0 Å². The fraction of sp³-hybridized carbons (Fsp3) is 0.375. The molecule has 0 aliphatic heterocycles.